The first-order valence-corrected chi connectivity index (χ1v) is 8.06. The van der Waals surface area contributed by atoms with Gasteiger partial charge in [0.05, 0.1) is 5.41 Å². The van der Waals surface area contributed by atoms with Crippen molar-refractivity contribution in [2.24, 2.45) is 0 Å². The molecule has 4 nitrogen and oxygen atoms in total. The SMILES string of the molecule is CC(C)=CC(=N)c1nc(C2(c3cc(Br)ccc3C)CC2)no1. The molecule has 22 heavy (non-hydrogen) atoms. The first-order valence-electron chi connectivity index (χ1n) is 7.27. The molecule has 0 saturated heterocycles. The lowest BCUT2D eigenvalue weighted by molar-refractivity contribution is 0.400. The molecule has 1 heterocycles. The van der Waals surface area contributed by atoms with Crippen molar-refractivity contribution in [1.29, 1.82) is 5.41 Å². The molecule has 1 N–H and O–H groups in total. The van der Waals surface area contributed by atoms with E-state index in [0.717, 1.165) is 22.9 Å². The van der Waals surface area contributed by atoms with E-state index in [0.29, 0.717) is 5.82 Å². The van der Waals surface area contributed by atoms with Gasteiger partial charge >= 0.3 is 0 Å². The molecule has 1 aromatic heterocycles. The van der Waals surface area contributed by atoms with Crippen molar-refractivity contribution >= 4 is 21.6 Å². The van der Waals surface area contributed by atoms with E-state index in [1.54, 1.807) is 6.08 Å². The minimum absolute atomic E-state index is 0.152. The Morgan fingerprint density at radius 1 is 1.36 bits per heavy atom. The summed E-state index contributed by atoms with van der Waals surface area (Å²) in [7, 11) is 0. The fourth-order valence-corrected chi connectivity index (χ4v) is 3.09. The van der Waals surface area contributed by atoms with Crippen molar-refractivity contribution in [1.82, 2.24) is 10.1 Å². The quantitative estimate of drug-likeness (QED) is 0.814. The van der Waals surface area contributed by atoms with Crippen LogP contribution in [0.15, 0.2) is 38.8 Å². The lowest BCUT2D eigenvalue weighted by Gasteiger charge is -2.14. The second kappa shape index (κ2) is 5.47. The lowest BCUT2D eigenvalue weighted by Crippen LogP contribution is -2.13. The van der Waals surface area contributed by atoms with Gasteiger partial charge in [0.2, 0.25) is 0 Å². The van der Waals surface area contributed by atoms with Crippen molar-refractivity contribution in [3.05, 3.63) is 57.2 Å². The van der Waals surface area contributed by atoms with E-state index in [2.05, 4.69) is 45.1 Å². The summed E-state index contributed by atoms with van der Waals surface area (Å²) in [5.74, 6) is 0.978. The fraction of sp³-hybridized carbons (Fsp3) is 0.353. The minimum atomic E-state index is -0.152. The Morgan fingerprint density at radius 2 is 2.09 bits per heavy atom. The molecule has 0 unspecified atom stereocenters. The van der Waals surface area contributed by atoms with Crippen molar-refractivity contribution in [2.45, 2.75) is 39.0 Å². The van der Waals surface area contributed by atoms with Gasteiger partial charge in [-0.3, -0.25) is 5.41 Å². The van der Waals surface area contributed by atoms with Gasteiger partial charge in [-0.2, -0.15) is 4.98 Å². The third-order valence-electron chi connectivity index (χ3n) is 3.98. The normalized spacial score (nSPS) is 15.5. The van der Waals surface area contributed by atoms with Crippen LogP contribution in [0.5, 0.6) is 0 Å². The van der Waals surface area contributed by atoms with E-state index in [9.17, 15) is 0 Å². The van der Waals surface area contributed by atoms with E-state index in [1.807, 2.05) is 19.9 Å². The number of hydrogen-bond donors (Lipinski definition) is 1. The van der Waals surface area contributed by atoms with Crippen LogP contribution in [0.3, 0.4) is 0 Å². The van der Waals surface area contributed by atoms with Crippen LogP contribution in [0.2, 0.25) is 0 Å². The zero-order valence-corrected chi connectivity index (χ0v) is 14.5. The number of hydrogen-bond acceptors (Lipinski definition) is 4. The summed E-state index contributed by atoms with van der Waals surface area (Å²) < 4.78 is 6.36. The average molecular weight is 360 g/mol. The van der Waals surface area contributed by atoms with E-state index in [-0.39, 0.29) is 17.0 Å². The summed E-state index contributed by atoms with van der Waals surface area (Å²) in [6.07, 6.45) is 3.76. The molecule has 1 aliphatic carbocycles. The Kier molecular flexibility index (Phi) is 3.77. The summed E-state index contributed by atoms with van der Waals surface area (Å²) in [6.45, 7) is 5.99. The Bertz CT molecular complexity index is 768. The molecule has 0 bridgehead atoms. The number of aryl methyl sites for hydroxylation is 1. The van der Waals surface area contributed by atoms with Crippen LogP contribution < -0.4 is 0 Å². The maximum atomic E-state index is 8.00. The summed E-state index contributed by atoms with van der Waals surface area (Å²) in [5, 5.41) is 12.2. The second-order valence-electron chi connectivity index (χ2n) is 6.10. The van der Waals surface area contributed by atoms with E-state index in [4.69, 9.17) is 9.93 Å². The molecule has 2 aromatic rings. The molecule has 1 aliphatic rings. The number of benzene rings is 1. The Morgan fingerprint density at radius 3 is 2.73 bits per heavy atom. The molecule has 114 valence electrons. The minimum Gasteiger partial charge on any atom is -0.332 e. The Labute approximate surface area is 138 Å². The van der Waals surface area contributed by atoms with Crippen molar-refractivity contribution in [3.8, 4) is 0 Å². The molecule has 0 radical (unpaired) electrons. The number of nitrogens with zero attached hydrogens (tertiary/aromatic N) is 2. The molecule has 5 heteroatoms. The van der Waals surface area contributed by atoms with Crippen LogP contribution in [0.4, 0.5) is 0 Å². The van der Waals surface area contributed by atoms with Gasteiger partial charge in [-0.25, -0.2) is 0 Å². The van der Waals surface area contributed by atoms with Crippen LogP contribution in [0, 0.1) is 12.3 Å². The van der Waals surface area contributed by atoms with Gasteiger partial charge in [-0.15, -0.1) is 0 Å². The molecule has 1 fully saturated rings. The van der Waals surface area contributed by atoms with Gasteiger partial charge in [-0.05, 0) is 62.9 Å². The largest absolute Gasteiger partial charge is 0.332 e. The van der Waals surface area contributed by atoms with Crippen LogP contribution >= 0.6 is 15.9 Å². The van der Waals surface area contributed by atoms with Crippen LogP contribution in [-0.4, -0.2) is 15.9 Å². The predicted molar refractivity (Wildman–Crippen MR) is 89.5 cm³/mol. The summed E-state index contributed by atoms with van der Waals surface area (Å²) >= 11 is 3.54. The topological polar surface area (TPSA) is 62.8 Å². The maximum Gasteiger partial charge on any atom is 0.275 e. The highest BCUT2D eigenvalue weighted by Gasteiger charge is 2.50. The Balaban J connectivity index is 1.98. The number of halogens is 1. The summed E-state index contributed by atoms with van der Waals surface area (Å²) in [6, 6.07) is 6.28. The third-order valence-corrected chi connectivity index (χ3v) is 4.48. The average Bonchev–Trinajstić information content (AvgIpc) is 3.10. The highest BCUT2D eigenvalue weighted by atomic mass is 79.9. The van der Waals surface area contributed by atoms with Crippen molar-refractivity contribution in [3.63, 3.8) is 0 Å². The number of nitrogens with one attached hydrogen (secondary N) is 1. The van der Waals surface area contributed by atoms with Crippen molar-refractivity contribution in [2.75, 3.05) is 0 Å². The summed E-state index contributed by atoms with van der Waals surface area (Å²) in [5.41, 5.74) is 3.62. The molecule has 0 atom stereocenters. The zero-order valence-electron chi connectivity index (χ0n) is 12.9. The molecule has 3 rings (SSSR count). The van der Waals surface area contributed by atoms with Crippen LogP contribution in [0.1, 0.15) is 49.5 Å². The molecular weight excluding hydrogens is 342 g/mol. The maximum absolute atomic E-state index is 8.00. The van der Waals surface area contributed by atoms with Crippen LogP contribution in [-0.2, 0) is 5.41 Å². The summed E-state index contributed by atoms with van der Waals surface area (Å²) in [4.78, 5) is 4.48. The molecule has 1 saturated carbocycles. The van der Waals surface area contributed by atoms with Gasteiger partial charge in [0.1, 0.15) is 5.71 Å². The monoisotopic (exact) mass is 359 g/mol. The fourth-order valence-electron chi connectivity index (χ4n) is 2.73. The van der Waals surface area contributed by atoms with Crippen molar-refractivity contribution < 1.29 is 4.52 Å². The van der Waals surface area contributed by atoms with Gasteiger partial charge in [0.25, 0.3) is 5.89 Å². The highest BCUT2D eigenvalue weighted by molar-refractivity contribution is 9.10. The van der Waals surface area contributed by atoms with Crippen LogP contribution in [0.25, 0.3) is 0 Å². The predicted octanol–water partition coefficient (Wildman–Crippen LogP) is 4.55. The lowest BCUT2D eigenvalue weighted by atomic mass is 9.91. The number of aromatic nitrogens is 2. The first-order chi connectivity index (χ1) is 10.4. The smallest absolute Gasteiger partial charge is 0.275 e. The van der Waals surface area contributed by atoms with Gasteiger partial charge in [0, 0.05) is 4.47 Å². The number of allylic oxidation sites excluding steroid dienone is 2. The van der Waals surface area contributed by atoms with Gasteiger partial charge in [-0.1, -0.05) is 32.7 Å². The third kappa shape index (κ3) is 2.65. The van der Waals surface area contributed by atoms with Gasteiger partial charge < -0.3 is 4.52 Å². The zero-order chi connectivity index (χ0) is 15.9. The van der Waals surface area contributed by atoms with E-state index in [1.165, 1.54) is 11.1 Å². The second-order valence-corrected chi connectivity index (χ2v) is 7.02. The Hall–Kier alpha value is -1.75. The number of rotatable bonds is 4. The molecule has 0 spiro atoms. The molecular formula is C17H18BrN3O. The molecule has 1 aromatic carbocycles. The molecule has 0 aliphatic heterocycles. The standard InChI is InChI=1S/C17H18BrN3O/c1-10(2)8-14(19)15-20-16(21-22-15)17(6-7-17)13-9-12(18)5-4-11(13)3/h4-5,8-9,19H,6-7H2,1-3H3. The van der Waals surface area contributed by atoms with E-state index >= 15 is 0 Å². The van der Waals surface area contributed by atoms with E-state index < -0.39 is 0 Å². The van der Waals surface area contributed by atoms with Gasteiger partial charge in [0.15, 0.2) is 5.82 Å². The first kappa shape index (κ1) is 15.2. The molecule has 0 amide bonds. The highest BCUT2D eigenvalue weighted by Crippen LogP contribution is 2.53.